The molecule has 0 saturated carbocycles. The van der Waals surface area contributed by atoms with E-state index in [1.807, 2.05) is 0 Å². The van der Waals surface area contributed by atoms with E-state index in [-0.39, 0.29) is 48.8 Å². The minimum atomic E-state index is -4.87. The van der Waals surface area contributed by atoms with Gasteiger partial charge in [0.15, 0.2) is 0 Å². The molecule has 3 rings (SSSR count). The lowest BCUT2D eigenvalue weighted by molar-refractivity contribution is -0.274. The maximum Gasteiger partial charge on any atom is 0.573 e. The number of alkyl halides is 3. The molecule has 2 amide bonds. The summed E-state index contributed by atoms with van der Waals surface area (Å²) in [6, 6.07) is 10.4. The number of nitrogens with one attached hydrogen (secondary N) is 1. The van der Waals surface area contributed by atoms with Gasteiger partial charge in [0.2, 0.25) is 15.9 Å². The molecule has 0 spiro atoms. The number of piperazine rings is 1. The zero-order valence-corrected chi connectivity index (χ0v) is 19.3. The summed E-state index contributed by atoms with van der Waals surface area (Å²) in [6.45, 7) is 3.92. The first kappa shape index (κ1) is 25.5. The summed E-state index contributed by atoms with van der Waals surface area (Å²) in [4.78, 5) is 25.9. The van der Waals surface area contributed by atoms with Crippen molar-refractivity contribution in [3.05, 3.63) is 54.1 Å². The van der Waals surface area contributed by atoms with Crippen molar-refractivity contribution >= 4 is 27.5 Å². The zero-order chi connectivity index (χ0) is 25.1. The van der Waals surface area contributed by atoms with Crippen molar-refractivity contribution in [2.45, 2.75) is 25.1 Å². The fraction of sp³-hybridized carbons (Fsp3) is 0.364. The van der Waals surface area contributed by atoms with Gasteiger partial charge in [0.05, 0.1) is 4.90 Å². The standard InChI is InChI=1S/C22H24F3N3O5S/c1-15(2)20(29)26-17-5-3-16(4-6-17)21(30)27-11-13-28(14-12-27)34(31,32)19-9-7-18(8-10-19)33-22(23,24)25/h3-10,15H,11-14H2,1-2H3,(H,26,29). The first-order valence-electron chi connectivity index (χ1n) is 10.4. The molecule has 2 aromatic rings. The summed E-state index contributed by atoms with van der Waals surface area (Å²) in [5, 5.41) is 2.74. The van der Waals surface area contributed by atoms with Crippen LogP contribution in [0.15, 0.2) is 53.4 Å². The van der Waals surface area contributed by atoms with Crippen molar-refractivity contribution in [2.24, 2.45) is 5.92 Å². The smallest absolute Gasteiger partial charge is 0.406 e. The molecule has 8 nitrogen and oxygen atoms in total. The minimum absolute atomic E-state index is 0.0391. The monoisotopic (exact) mass is 499 g/mol. The topological polar surface area (TPSA) is 96.0 Å². The van der Waals surface area contributed by atoms with E-state index < -0.39 is 22.1 Å². The van der Waals surface area contributed by atoms with Gasteiger partial charge in [-0.05, 0) is 48.5 Å². The second-order valence-electron chi connectivity index (χ2n) is 7.94. The molecule has 12 heteroatoms. The number of sulfonamides is 1. The predicted octanol–water partition coefficient (Wildman–Crippen LogP) is 3.33. The summed E-state index contributed by atoms with van der Waals surface area (Å²) >= 11 is 0. The molecular weight excluding hydrogens is 475 g/mol. The van der Waals surface area contributed by atoms with Gasteiger partial charge in [0.25, 0.3) is 5.91 Å². The fourth-order valence-electron chi connectivity index (χ4n) is 3.26. The Morgan fingerprint density at radius 3 is 2.00 bits per heavy atom. The van der Waals surface area contributed by atoms with Gasteiger partial charge in [-0.15, -0.1) is 13.2 Å². The molecule has 0 unspecified atom stereocenters. The van der Waals surface area contributed by atoms with Crippen molar-refractivity contribution < 1.29 is 35.9 Å². The van der Waals surface area contributed by atoms with Gasteiger partial charge in [-0.1, -0.05) is 13.8 Å². The first-order chi connectivity index (χ1) is 15.9. The van der Waals surface area contributed by atoms with E-state index in [4.69, 9.17) is 0 Å². The number of benzene rings is 2. The van der Waals surface area contributed by atoms with Gasteiger partial charge in [-0.25, -0.2) is 8.42 Å². The van der Waals surface area contributed by atoms with Crippen LogP contribution in [-0.4, -0.2) is 62.0 Å². The predicted molar refractivity (Wildman–Crippen MR) is 118 cm³/mol. The minimum Gasteiger partial charge on any atom is -0.406 e. The van der Waals surface area contributed by atoms with Crippen LogP contribution < -0.4 is 10.1 Å². The lowest BCUT2D eigenvalue weighted by Crippen LogP contribution is -2.50. The van der Waals surface area contributed by atoms with Crippen molar-refractivity contribution in [1.82, 2.24) is 9.21 Å². The van der Waals surface area contributed by atoms with E-state index in [1.165, 1.54) is 9.21 Å². The van der Waals surface area contributed by atoms with Crippen LogP contribution in [-0.2, 0) is 14.8 Å². The Balaban J connectivity index is 1.60. The maximum atomic E-state index is 12.8. The van der Waals surface area contributed by atoms with E-state index in [1.54, 1.807) is 38.1 Å². The van der Waals surface area contributed by atoms with Crippen molar-refractivity contribution in [3.8, 4) is 5.75 Å². The molecule has 0 radical (unpaired) electrons. The van der Waals surface area contributed by atoms with Crippen LogP contribution in [0, 0.1) is 5.92 Å². The first-order valence-corrected chi connectivity index (χ1v) is 11.9. The Labute approximate surface area is 195 Å². The zero-order valence-electron chi connectivity index (χ0n) is 18.5. The van der Waals surface area contributed by atoms with Crippen LogP contribution in [0.1, 0.15) is 24.2 Å². The molecule has 0 bridgehead atoms. The number of nitrogens with zero attached hydrogens (tertiary/aromatic N) is 2. The third kappa shape index (κ3) is 6.26. The largest absolute Gasteiger partial charge is 0.573 e. The van der Waals surface area contributed by atoms with Crippen molar-refractivity contribution in [2.75, 3.05) is 31.5 Å². The molecule has 184 valence electrons. The number of ether oxygens (including phenoxy) is 1. The van der Waals surface area contributed by atoms with Crippen LogP contribution in [0.5, 0.6) is 5.75 Å². The second-order valence-corrected chi connectivity index (χ2v) is 9.87. The molecule has 1 aliphatic rings. The average Bonchev–Trinajstić information content (AvgIpc) is 2.78. The quantitative estimate of drug-likeness (QED) is 0.658. The van der Waals surface area contributed by atoms with E-state index in [0.717, 1.165) is 24.3 Å². The summed E-state index contributed by atoms with van der Waals surface area (Å²) < 4.78 is 67.5. The maximum absolute atomic E-state index is 12.8. The van der Waals surface area contributed by atoms with Gasteiger partial charge in [0.1, 0.15) is 5.75 Å². The second kappa shape index (κ2) is 10.0. The Kier molecular flexibility index (Phi) is 7.51. The SMILES string of the molecule is CC(C)C(=O)Nc1ccc(C(=O)N2CCN(S(=O)(=O)c3ccc(OC(F)(F)F)cc3)CC2)cc1. The molecule has 1 heterocycles. The highest BCUT2D eigenvalue weighted by Crippen LogP contribution is 2.25. The fourth-order valence-corrected chi connectivity index (χ4v) is 4.68. The molecule has 0 aliphatic carbocycles. The van der Waals surface area contributed by atoms with Crippen LogP contribution in [0.3, 0.4) is 0 Å². The molecular formula is C22H24F3N3O5S. The Morgan fingerprint density at radius 1 is 0.941 bits per heavy atom. The lowest BCUT2D eigenvalue weighted by Gasteiger charge is -2.34. The molecule has 0 atom stereocenters. The number of amides is 2. The number of anilines is 1. The molecule has 0 aromatic heterocycles. The highest BCUT2D eigenvalue weighted by molar-refractivity contribution is 7.89. The summed E-state index contributed by atoms with van der Waals surface area (Å²) in [5.41, 5.74) is 0.969. The van der Waals surface area contributed by atoms with Crippen LogP contribution in [0.4, 0.5) is 18.9 Å². The van der Waals surface area contributed by atoms with Crippen molar-refractivity contribution in [3.63, 3.8) is 0 Å². The highest BCUT2D eigenvalue weighted by Gasteiger charge is 2.33. The Morgan fingerprint density at radius 2 is 1.50 bits per heavy atom. The summed E-state index contributed by atoms with van der Waals surface area (Å²) in [7, 11) is -3.94. The third-order valence-corrected chi connectivity index (χ3v) is 7.06. The van der Waals surface area contributed by atoms with Gasteiger partial charge >= 0.3 is 6.36 Å². The highest BCUT2D eigenvalue weighted by atomic mass is 32.2. The number of halogens is 3. The Bertz CT molecular complexity index is 1130. The number of carbonyl (C=O) groups excluding carboxylic acids is 2. The van der Waals surface area contributed by atoms with Crippen LogP contribution in [0.25, 0.3) is 0 Å². The normalized spacial score (nSPS) is 15.3. The van der Waals surface area contributed by atoms with Gasteiger partial charge in [-0.2, -0.15) is 4.31 Å². The van der Waals surface area contributed by atoms with E-state index in [9.17, 15) is 31.2 Å². The lowest BCUT2D eigenvalue weighted by atomic mass is 10.1. The number of carbonyl (C=O) groups is 2. The molecule has 1 N–H and O–H groups in total. The van der Waals surface area contributed by atoms with Gasteiger partial charge in [-0.3, -0.25) is 9.59 Å². The molecule has 34 heavy (non-hydrogen) atoms. The Hall–Kier alpha value is -3.12. The van der Waals surface area contributed by atoms with E-state index in [2.05, 4.69) is 10.1 Å². The molecule has 1 aliphatic heterocycles. The average molecular weight is 500 g/mol. The van der Waals surface area contributed by atoms with Gasteiger partial charge < -0.3 is 15.0 Å². The van der Waals surface area contributed by atoms with E-state index >= 15 is 0 Å². The molecule has 1 saturated heterocycles. The third-order valence-electron chi connectivity index (χ3n) is 5.14. The number of hydrogen-bond donors (Lipinski definition) is 1. The molecule has 2 aromatic carbocycles. The number of rotatable bonds is 6. The van der Waals surface area contributed by atoms with Crippen LogP contribution in [0.2, 0.25) is 0 Å². The van der Waals surface area contributed by atoms with Crippen molar-refractivity contribution in [1.29, 1.82) is 0 Å². The summed E-state index contributed by atoms with van der Waals surface area (Å²) in [5.74, 6) is -1.11. The molecule has 1 fully saturated rings. The van der Waals surface area contributed by atoms with Gasteiger partial charge in [0, 0.05) is 43.3 Å². The van der Waals surface area contributed by atoms with Crippen LogP contribution >= 0.6 is 0 Å². The van der Waals surface area contributed by atoms with E-state index in [0.29, 0.717) is 11.3 Å². The summed E-state index contributed by atoms with van der Waals surface area (Å²) in [6.07, 6.45) is -4.87. The number of hydrogen-bond acceptors (Lipinski definition) is 5.